The molecule has 84 valence electrons. The molecule has 2 unspecified atom stereocenters. The first-order valence-electron chi connectivity index (χ1n) is 5.17. The molecule has 0 saturated heterocycles. The molecule has 1 aliphatic rings. The van der Waals surface area contributed by atoms with Crippen LogP contribution in [0.25, 0.3) is 0 Å². The zero-order valence-corrected chi connectivity index (χ0v) is 11.1. The van der Waals surface area contributed by atoms with Gasteiger partial charge in [0.2, 0.25) is 0 Å². The monoisotopic (exact) mass is 290 g/mol. The molecule has 0 aromatic carbocycles. The summed E-state index contributed by atoms with van der Waals surface area (Å²) in [6.45, 7) is 2.72. The number of halogens is 1. The normalized spacial score (nSPS) is 30.7. The Morgan fingerprint density at radius 2 is 2.60 bits per heavy atom. The van der Waals surface area contributed by atoms with Gasteiger partial charge in [-0.2, -0.15) is 0 Å². The number of thiazole rings is 1. The molecule has 3 nitrogen and oxygen atoms in total. The largest absolute Gasteiger partial charge is 0.388 e. The van der Waals surface area contributed by atoms with Crippen LogP contribution in [-0.2, 0) is 0 Å². The van der Waals surface area contributed by atoms with Gasteiger partial charge >= 0.3 is 0 Å². The molecule has 0 radical (unpaired) electrons. The number of aliphatic hydroxyl groups is 1. The number of rotatable bonds is 3. The maximum Gasteiger partial charge on any atom is 0.183 e. The molecule has 1 heterocycles. The molecule has 2 rings (SSSR count). The highest BCUT2D eigenvalue weighted by molar-refractivity contribution is 9.10. The van der Waals surface area contributed by atoms with Gasteiger partial charge in [0.1, 0.15) is 4.60 Å². The summed E-state index contributed by atoms with van der Waals surface area (Å²) in [5, 5.41) is 16.3. The van der Waals surface area contributed by atoms with Crippen molar-refractivity contribution in [3.05, 3.63) is 9.98 Å². The molecule has 1 aliphatic carbocycles. The smallest absolute Gasteiger partial charge is 0.183 e. The Kier molecular flexibility index (Phi) is 3.33. The number of anilines is 1. The Labute approximate surface area is 102 Å². The van der Waals surface area contributed by atoms with Crippen molar-refractivity contribution in [1.82, 2.24) is 4.98 Å². The van der Waals surface area contributed by atoms with E-state index in [0.717, 1.165) is 29.0 Å². The van der Waals surface area contributed by atoms with Crippen LogP contribution in [0.4, 0.5) is 5.13 Å². The molecule has 1 aromatic heterocycles. The summed E-state index contributed by atoms with van der Waals surface area (Å²) in [5.74, 6) is 0.383. The molecule has 5 heteroatoms. The van der Waals surface area contributed by atoms with Crippen LogP contribution in [-0.4, -0.2) is 22.2 Å². The highest BCUT2D eigenvalue weighted by atomic mass is 79.9. The van der Waals surface area contributed by atoms with Crippen LogP contribution in [0.1, 0.15) is 26.2 Å². The van der Waals surface area contributed by atoms with Crippen molar-refractivity contribution >= 4 is 32.4 Å². The van der Waals surface area contributed by atoms with Crippen molar-refractivity contribution < 1.29 is 5.11 Å². The van der Waals surface area contributed by atoms with Gasteiger partial charge < -0.3 is 10.4 Å². The third kappa shape index (κ3) is 2.52. The van der Waals surface area contributed by atoms with Crippen LogP contribution in [0, 0.1) is 5.92 Å². The average molecular weight is 291 g/mol. The Bertz CT molecular complexity index is 344. The molecule has 1 fully saturated rings. The minimum absolute atomic E-state index is 0.383. The van der Waals surface area contributed by atoms with Crippen molar-refractivity contribution in [1.29, 1.82) is 0 Å². The highest BCUT2D eigenvalue weighted by Crippen LogP contribution is 2.35. The highest BCUT2D eigenvalue weighted by Gasteiger charge is 2.37. The molecule has 2 N–H and O–H groups in total. The summed E-state index contributed by atoms with van der Waals surface area (Å²) in [7, 11) is 0. The third-order valence-electron chi connectivity index (χ3n) is 3.19. The van der Waals surface area contributed by atoms with Gasteiger partial charge in [-0.25, -0.2) is 4.98 Å². The fourth-order valence-electron chi connectivity index (χ4n) is 2.06. The third-order valence-corrected chi connectivity index (χ3v) is 4.70. The SMILES string of the molecule is CC1CCCC1(O)CNc1nc(Br)cs1. The van der Waals surface area contributed by atoms with E-state index in [0.29, 0.717) is 12.5 Å². The lowest BCUT2D eigenvalue weighted by Crippen LogP contribution is -2.39. The van der Waals surface area contributed by atoms with Crippen LogP contribution < -0.4 is 5.32 Å². The summed E-state index contributed by atoms with van der Waals surface area (Å²) in [5.41, 5.74) is -0.544. The summed E-state index contributed by atoms with van der Waals surface area (Å²) in [6, 6.07) is 0. The molecule has 1 saturated carbocycles. The molecule has 0 aliphatic heterocycles. The van der Waals surface area contributed by atoms with Crippen LogP contribution in [0.5, 0.6) is 0 Å². The van der Waals surface area contributed by atoms with Gasteiger partial charge in [-0.05, 0) is 34.7 Å². The van der Waals surface area contributed by atoms with Crippen molar-refractivity contribution in [2.45, 2.75) is 31.8 Å². The van der Waals surface area contributed by atoms with E-state index >= 15 is 0 Å². The lowest BCUT2D eigenvalue weighted by atomic mass is 9.93. The Morgan fingerprint density at radius 3 is 3.13 bits per heavy atom. The van der Waals surface area contributed by atoms with Gasteiger partial charge in [0.25, 0.3) is 0 Å². The predicted octanol–water partition coefficient (Wildman–Crippen LogP) is 2.87. The van der Waals surface area contributed by atoms with Gasteiger partial charge in [-0.3, -0.25) is 0 Å². The van der Waals surface area contributed by atoms with E-state index in [2.05, 4.69) is 33.2 Å². The first-order chi connectivity index (χ1) is 7.10. The van der Waals surface area contributed by atoms with Gasteiger partial charge in [0.05, 0.1) is 5.60 Å². The van der Waals surface area contributed by atoms with Crippen molar-refractivity contribution in [3.8, 4) is 0 Å². The second-order valence-electron chi connectivity index (χ2n) is 4.23. The first-order valence-corrected chi connectivity index (χ1v) is 6.85. The average Bonchev–Trinajstić information content (AvgIpc) is 2.73. The molecule has 0 spiro atoms. The Hall–Kier alpha value is -0.130. The number of hydrogen-bond acceptors (Lipinski definition) is 4. The number of nitrogens with zero attached hydrogens (tertiary/aromatic N) is 1. The lowest BCUT2D eigenvalue weighted by molar-refractivity contribution is 0.0223. The molecule has 2 atom stereocenters. The van der Waals surface area contributed by atoms with Gasteiger partial charge in [-0.1, -0.05) is 13.3 Å². The van der Waals surface area contributed by atoms with E-state index in [9.17, 15) is 5.11 Å². The van der Waals surface area contributed by atoms with Crippen LogP contribution in [0.3, 0.4) is 0 Å². The minimum atomic E-state index is -0.544. The molecule has 0 amide bonds. The van der Waals surface area contributed by atoms with Gasteiger partial charge in [0, 0.05) is 11.9 Å². The topological polar surface area (TPSA) is 45.1 Å². The van der Waals surface area contributed by atoms with E-state index < -0.39 is 5.60 Å². The maximum atomic E-state index is 10.3. The number of nitrogens with one attached hydrogen (secondary N) is 1. The second kappa shape index (κ2) is 4.39. The fourth-order valence-corrected chi connectivity index (χ4v) is 3.20. The maximum absolute atomic E-state index is 10.3. The standard InChI is InChI=1S/C10H15BrN2OS/c1-7-3-2-4-10(7,14)6-12-9-13-8(11)5-15-9/h5,7,14H,2-4,6H2,1H3,(H,12,13). The molecule has 1 aromatic rings. The van der Waals surface area contributed by atoms with Gasteiger partial charge in [-0.15, -0.1) is 11.3 Å². The summed E-state index contributed by atoms with van der Waals surface area (Å²) >= 11 is 4.86. The molecule has 0 bridgehead atoms. The quantitative estimate of drug-likeness (QED) is 0.900. The van der Waals surface area contributed by atoms with Crippen molar-refractivity contribution in [2.24, 2.45) is 5.92 Å². The van der Waals surface area contributed by atoms with Crippen LogP contribution in [0.15, 0.2) is 9.98 Å². The predicted molar refractivity (Wildman–Crippen MR) is 66.3 cm³/mol. The summed E-state index contributed by atoms with van der Waals surface area (Å²) in [4.78, 5) is 4.24. The Morgan fingerprint density at radius 1 is 1.80 bits per heavy atom. The van der Waals surface area contributed by atoms with Gasteiger partial charge in [0.15, 0.2) is 5.13 Å². The number of hydrogen-bond donors (Lipinski definition) is 2. The molecular formula is C10H15BrN2OS. The summed E-state index contributed by atoms with van der Waals surface area (Å²) < 4.78 is 0.849. The zero-order valence-electron chi connectivity index (χ0n) is 8.66. The van der Waals surface area contributed by atoms with E-state index in [4.69, 9.17) is 0 Å². The van der Waals surface area contributed by atoms with Crippen LogP contribution in [0.2, 0.25) is 0 Å². The van der Waals surface area contributed by atoms with Crippen molar-refractivity contribution in [3.63, 3.8) is 0 Å². The lowest BCUT2D eigenvalue weighted by Gasteiger charge is -2.27. The van der Waals surface area contributed by atoms with Crippen molar-refractivity contribution in [2.75, 3.05) is 11.9 Å². The fraction of sp³-hybridized carbons (Fsp3) is 0.700. The van der Waals surface area contributed by atoms with E-state index in [1.54, 1.807) is 11.3 Å². The minimum Gasteiger partial charge on any atom is -0.388 e. The van der Waals surface area contributed by atoms with E-state index in [1.165, 1.54) is 0 Å². The summed E-state index contributed by atoms with van der Waals surface area (Å²) in [6.07, 6.45) is 3.15. The molecular weight excluding hydrogens is 276 g/mol. The molecule has 15 heavy (non-hydrogen) atoms. The van der Waals surface area contributed by atoms with E-state index in [-0.39, 0.29) is 0 Å². The van der Waals surface area contributed by atoms with Crippen LogP contribution >= 0.6 is 27.3 Å². The van der Waals surface area contributed by atoms with E-state index in [1.807, 2.05) is 5.38 Å². The zero-order chi connectivity index (χ0) is 10.9. The second-order valence-corrected chi connectivity index (χ2v) is 5.90. The number of aromatic nitrogens is 1. The first kappa shape index (κ1) is 11.4. The Balaban J connectivity index is 1.92.